The zero-order valence-corrected chi connectivity index (χ0v) is 14.8. The van der Waals surface area contributed by atoms with Crippen molar-refractivity contribution < 1.29 is 17.9 Å². The number of benzene rings is 1. The van der Waals surface area contributed by atoms with Crippen molar-refractivity contribution in [3.63, 3.8) is 0 Å². The monoisotopic (exact) mass is 355 g/mol. The second kappa shape index (κ2) is 9.00. The molecule has 0 atom stereocenters. The fraction of sp³-hybridized carbons (Fsp3) is 0.562. The normalized spacial score (nSPS) is 15.9. The van der Waals surface area contributed by atoms with Gasteiger partial charge in [-0.1, -0.05) is 31.5 Å². The number of morpholine rings is 1. The number of urea groups is 1. The number of ether oxygens (including phenoxy) is 1. The van der Waals surface area contributed by atoms with E-state index >= 15 is 0 Å². The minimum absolute atomic E-state index is 0.164. The molecule has 1 aliphatic heterocycles. The van der Waals surface area contributed by atoms with Crippen LogP contribution in [0, 0.1) is 0 Å². The van der Waals surface area contributed by atoms with E-state index in [0.717, 1.165) is 12.8 Å². The third-order valence-electron chi connectivity index (χ3n) is 3.82. The fourth-order valence-corrected chi connectivity index (χ4v) is 4.07. The lowest BCUT2D eigenvalue weighted by atomic mass is 10.2. The zero-order chi connectivity index (χ0) is 17.4. The minimum Gasteiger partial charge on any atom is -0.379 e. The van der Waals surface area contributed by atoms with Crippen molar-refractivity contribution >= 4 is 16.1 Å². The van der Waals surface area contributed by atoms with Gasteiger partial charge >= 0.3 is 6.03 Å². The summed E-state index contributed by atoms with van der Waals surface area (Å²) in [6.45, 7) is 4.32. The van der Waals surface area contributed by atoms with Crippen molar-refractivity contribution in [1.82, 2.24) is 14.9 Å². The van der Waals surface area contributed by atoms with Crippen LogP contribution >= 0.6 is 0 Å². The summed E-state index contributed by atoms with van der Waals surface area (Å²) in [4.78, 5) is 12.0. The van der Waals surface area contributed by atoms with Crippen LogP contribution in [0.25, 0.3) is 0 Å². The van der Waals surface area contributed by atoms with Crippen LogP contribution in [-0.4, -0.2) is 51.6 Å². The summed E-state index contributed by atoms with van der Waals surface area (Å²) in [7, 11) is -3.58. The van der Waals surface area contributed by atoms with E-state index in [0.29, 0.717) is 38.4 Å². The van der Waals surface area contributed by atoms with E-state index in [2.05, 4.69) is 10.6 Å². The average Bonchev–Trinajstić information content (AvgIpc) is 2.61. The van der Waals surface area contributed by atoms with Crippen molar-refractivity contribution in [2.24, 2.45) is 0 Å². The molecule has 1 heterocycles. The second-order valence-corrected chi connectivity index (χ2v) is 7.49. The summed E-state index contributed by atoms with van der Waals surface area (Å²) in [5.41, 5.74) is 0.578. The average molecular weight is 355 g/mol. The molecule has 0 spiro atoms. The van der Waals surface area contributed by atoms with Gasteiger partial charge in [-0.3, -0.25) is 0 Å². The predicted octanol–water partition coefficient (Wildman–Crippen LogP) is 1.31. The molecule has 0 saturated carbocycles. The molecule has 1 saturated heterocycles. The van der Waals surface area contributed by atoms with E-state index in [4.69, 9.17) is 4.74 Å². The molecule has 1 aliphatic rings. The number of carbonyl (C=O) groups is 1. The lowest BCUT2D eigenvalue weighted by Gasteiger charge is -2.27. The number of rotatable bonds is 7. The van der Waals surface area contributed by atoms with Gasteiger partial charge in [0.15, 0.2) is 0 Å². The van der Waals surface area contributed by atoms with Gasteiger partial charge in [-0.05, 0) is 18.1 Å². The van der Waals surface area contributed by atoms with Crippen molar-refractivity contribution in [3.8, 4) is 0 Å². The fourth-order valence-electron chi connectivity index (χ4n) is 2.44. The van der Waals surface area contributed by atoms with Crippen LogP contribution in [0.2, 0.25) is 0 Å². The van der Waals surface area contributed by atoms with E-state index in [-0.39, 0.29) is 17.5 Å². The first-order chi connectivity index (χ1) is 11.6. The molecule has 0 unspecified atom stereocenters. The Balaban J connectivity index is 2.05. The SMILES string of the molecule is CCCCNC(=O)NCc1ccccc1S(=O)(=O)N1CCOCC1. The highest BCUT2D eigenvalue weighted by Crippen LogP contribution is 2.21. The van der Waals surface area contributed by atoms with E-state index in [1.165, 1.54) is 4.31 Å². The molecule has 0 bridgehead atoms. The number of carbonyl (C=O) groups excluding carboxylic acids is 1. The maximum atomic E-state index is 12.8. The minimum atomic E-state index is -3.58. The maximum Gasteiger partial charge on any atom is 0.315 e. The van der Waals surface area contributed by atoms with E-state index in [9.17, 15) is 13.2 Å². The summed E-state index contributed by atoms with van der Waals surface area (Å²) >= 11 is 0. The molecule has 2 rings (SSSR count). The van der Waals surface area contributed by atoms with Gasteiger partial charge in [-0.15, -0.1) is 0 Å². The molecule has 24 heavy (non-hydrogen) atoms. The molecule has 0 aromatic heterocycles. The molecule has 134 valence electrons. The quantitative estimate of drug-likeness (QED) is 0.722. The van der Waals surface area contributed by atoms with Crippen LogP contribution in [0.1, 0.15) is 25.3 Å². The van der Waals surface area contributed by atoms with E-state index in [1.807, 2.05) is 6.92 Å². The molecule has 2 N–H and O–H groups in total. The summed E-state index contributed by atoms with van der Waals surface area (Å²) in [6, 6.07) is 6.47. The lowest BCUT2D eigenvalue weighted by molar-refractivity contribution is 0.0730. The summed E-state index contributed by atoms with van der Waals surface area (Å²) in [6.07, 6.45) is 1.91. The van der Waals surface area contributed by atoms with Gasteiger partial charge < -0.3 is 15.4 Å². The molecule has 0 radical (unpaired) electrons. The lowest BCUT2D eigenvalue weighted by Crippen LogP contribution is -2.41. The van der Waals surface area contributed by atoms with Crippen LogP contribution in [0.3, 0.4) is 0 Å². The van der Waals surface area contributed by atoms with Gasteiger partial charge in [0, 0.05) is 26.2 Å². The molecule has 7 nitrogen and oxygen atoms in total. The van der Waals surface area contributed by atoms with Crippen LogP contribution < -0.4 is 10.6 Å². The third kappa shape index (κ3) is 4.93. The molecular formula is C16H25N3O4S. The Morgan fingerprint density at radius 1 is 1.21 bits per heavy atom. The number of unbranched alkanes of at least 4 members (excludes halogenated alkanes) is 1. The Bertz CT molecular complexity index is 642. The van der Waals surface area contributed by atoms with Gasteiger partial charge in [0.2, 0.25) is 10.0 Å². The molecule has 1 fully saturated rings. The Kier molecular flexibility index (Phi) is 7.01. The summed E-state index contributed by atoms with van der Waals surface area (Å²) in [5, 5.41) is 5.46. The summed E-state index contributed by atoms with van der Waals surface area (Å²) < 4.78 is 32.3. The first-order valence-corrected chi connectivity index (χ1v) is 9.67. The molecule has 2 amide bonds. The standard InChI is InChI=1S/C16H25N3O4S/c1-2-3-8-17-16(20)18-13-14-6-4-5-7-15(14)24(21,22)19-9-11-23-12-10-19/h4-7H,2-3,8-13H2,1H3,(H2,17,18,20). The highest BCUT2D eigenvalue weighted by molar-refractivity contribution is 7.89. The zero-order valence-electron chi connectivity index (χ0n) is 14.0. The molecular weight excluding hydrogens is 330 g/mol. The van der Waals surface area contributed by atoms with Crippen molar-refractivity contribution in [3.05, 3.63) is 29.8 Å². The van der Waals surface area contributed by atoms with Gasteiger partial charge in [0.25, 0.3) is 0 Å². The molecule has 0 aliphatic carbocycles. The predicted molar refractivity (Wildman–Crippen MR) is 91.2 cm³/mol. The maximum absolute atomic E-state index is 12.8. The number of sulfonamides is 1. The van der Waals surface area contributed by atoms with Crippen molar-refractivity contribution in [2.45, 2.75) is 31.2 Å². The van der Waals surface area contributed by atoms with Crippen LogP contribution in [0.5, 0.6) is 0 Å². The third-order valence-corrected chi connectivity index (χ3v) is 5.81. The van der Waals surface area contributed by atoms with E-state index < -0.39 is 10.0 Å². The number of hydrogen-bond donors (Lipinski definition) is 2. The first-order valence-electron chi connectivity index (χ1n) is 8.23. The van der Waals surface area contributed by atoms with Crippen LogP contribution in [0.15, 0.2) is 29.2 Å². The molecule has 8 heteroatoms. The highest BCUT2D eigenvalue weighted by atomic mass is 32.2. The molecule has 1 aromatic carbocycles. The Morgan fingerprint density at radius 3 is 2.62 bits per heavy atom. The molecule has 1 aromatic rings. The van der Waals surface area contributed by atoms with Crippen LogP contribution in [0.4, 0.5) is 4.79 Å². The van der Waals surface area contributed by atoms with Gasteiger partial charge in [0.1, 0.15) is 0 Å². The van der Waals surface area contributed by atoms with Crippen molar-refractivity contribution in [1.29, 1.82) is 0 Å². The number of hydrogen-bond acceptors (Lipinski definition) is 4. The Labute approximate surface area is 143 Å². The Morgan fingerprint density at radius 2 is 1.92 bits per heavy atom. The van der Waals surface area contributed by atoms with Crippen molar-refractivity contribution in [2.75, 3.05) is 32.8 Å². The van der Waals surface area contributed by atoms with Gasteiger partial charge in [-0.2, -0.15) is 4.31 Å². The van der Waals surface area contributed by atoms with Gasteiger partial charge in [0.05, 0.1) is 18.1 Å². The highest BCUT2D eigenvalue weighted by Gasteiger charge is 2.28. The van der Waals surface area contributed by atoms with Gasteiger partial charge in [-0.25, -0.2) is 13.2 Å². The Hall–Kier alpha value is -1.64. The second-order valence-electron chi connectivity index (χ2n) is 5.59. The smallest absolute Gasteiger partial charge is 0.315 e. The largest absolute Gasteiger partial charge is 0.379 e. The van der Waals surface area contributed by atoms with E-state index in [1.54, 1.807) is 24.3 Å². The summed E-state index contributed by atoms with van der Waals surface area (Å²) in [5.74, 6) is 0. The number of amides is 2. The number of nitrogens with zero attached hydrogens (tertiary/aromatic N) is 1. The van der Waals surface area contributed by atoms with Crippen LogP contribution in [-0.2, 0) is 21.3 Å². The topological polar surface area (TPSA) is 87.7 Å². The first kappa shape index (κ1) is 18.7. The number of nitrogens with one attached hydrogen (secondary N) is 2.